The van der Waals surface area contributed by atoms with Gasteiger partial charge in [0.25, 0.3) is 0 Å². The number of piperazine rings is 1. The third-order valence-corrected chi connectivity index (χ3v) is 7.46. The van der Waals surface area contributed by atoms with E-state index in [1.165, 1.54) is 30.2 Å². The molecular formula is C28H35N5O. The molecule has 2 fully saturated rings. The smallest absolute Gasteiger partial charge is 0.227 e. The van der Waals surface area contributed by atoms with E-state index in [1.807, 2.05) is 23.2 Å². The highest BCUT2D eigenvalue weighted by molar-refractivity contribution is 5.92. The summed E-state index contributed by atoms with van der Waals surface area (Å²) in [5.74, 6) is 2.12. The Kier molecular flexibility index (Phi) is 7.34. The Morgan fingerprint density at radius 1 is 0.912 bits per heavy atom. The molecule has 5 rings (SSSR count). The van der Waals surface area contributed by atoms with Gasteiger partial charge < -0.3 is 9.80 Å². The van der Waals surface area contributed by atoms with Crippen LogP contribution in [-0.2, 0) is 11.2 Å². The summed E-state index contributed by atoms with van der Waals surface area (Å²) in [4.78, 5) is 28.5. The van der Waals surface area contributed by atoms with Crippen LogP contribution in [0.1, 0.15) is 31.2 Å². The largest absolute Gasteiger partial charge is 0.354 e. The predicted octanol–water partition coefficient (Wildman–Crippen LogP) is 4.01. The summed E-state index contributed by atoms with van der Waals surface area (Å²) in [6.45, 7) is 7.27. The Morgan fingerprint density at radius 2 is 1.74 bits per heavy atom. The molecule has 34 heavy (non-hydrogen) atoms. The minimum atomic E-state index is 0.241. The first-order valence-electron chi connectivity index (χ1n) is 12.7. The number of rotatable bonds is 7. The zero-order valence-corrected chi connectivity index (χ0v) is 20.0. The highest BCUT2D eigenvalue weighted by atomic mass is 16.2. The van der Waals surface area contributed by atoms with Crippen LogP contribution in [0.5, 0.6) is 0 Å². The second kappa shape index (κ2) is 11.0. The number of carbonyl (C=O) groups is 1. The molecule has 2 aliphatic rings. The van der Waals surface area contributed by atoms with Crippen LogP contribution in [-0.4, -0.2) is 71.5 Å². The fourth-order valence-electron chi connectivity index (χ4n) is 5.40. The average Bonchev–Trinajstić information content (AvgIpc) is 2.90. The number of anilines is 1. The summed E-state index contributed by atoms with van der Waals surface area (Å²) in [6.07, 6.45) is 10.8. The predicted molar refractivity (Wildman–Crippen MR) is 137 cm³/mol. The highest BCUT2D eigenvalue weighted by Gasteiger charge is 2.24. The van der Waals surface area contributed by atoms with E-state index in [9.17, 15) is 4.79 Å². The summed E-state index contributed by atoms with van der Waals surface area (Å²) in [5.41, 5.74) is 1.01. The molecule has 0 unspecified atom stereocenters. The van der Waals surface area contributed by atoms with Crippen LogP contribution in [0.4, 0.5) is 5.82 Å². The van der Waals surface area contributed by atoms with E-state index in [1.54, 1.807) is 12.4 Å². The number of hydrogen-bond acceptors (Lipinski definition) is 5. The van der Waals surface area contributed by atoms with Crippen LogP contribution in [0, 0.1) is 5.92 Å². The summed E-state index contributed by atoms with van der Waals surface area (Å²) in [6, 6.07) is 14.5. The minimum absolute atomic E-state index is 0.241. The lowest BCUT2D eigenvalue weighted by molar-refractivity contribution is -0.131. The van der Waals surface area contributed by atoms with Crippen LogP contribution in [0.15, 0.2) is 61.1 Å². The molecule has 6 nitrogen and oxygen atoms in total. The maximum atomic E-state index is 12.6. The quantitative estimate of drug-likeness (QED) is 0.537. The van der Waals surface area contributed by atoms with Crippen molar-refractivity contribution in [3.63, 3.8) is 0 Å². The lowest BCUT2D eigenvalue weighted by Crippen LogP contribution is -2.47. The Hall–Kier alpha value is -2.99. The number of carbonyl (C=O) groups excluding carboxylic acids is 1. The van der Waals surface area contributed by atoms with Crippen LogP contribution < -0.4 is 4.90 Å². The van der Waals surface area contributed by atoms with E-state index in [0.29, 0.717) is 6.42 Å². The van der Waals surface area contributed by atoms with Gasteiger partial charge in [-0.05, 0) is 61.2 Å². The van der Waals surface area contributed by atoms with Crippen molar-refractivity contribution in [3.05, 3.63) is 66.6 Å². The summed E-state index contributed by atoms with van der Waals surface area (Å²) in [7, 11) is 0. The number of aromatic nitrogens is 2. The third-order valence-electron chi connectivity index (χ3n) is 7.46. The number of pyridine rings is 2. The topological polar surface area (TPSA) is 52.6 Å². The van der Waals surface area contributed by atoms with Crippen molar-refractivity contribution in [2.45, 2.75) is 32.1 Å². The molecular weight excluding hydrogens is 422 g/mol. The number of nitrogens with zero attached hydrogens (tertiary/aromatic N) is 5. The molecule has 1 amide bonds. The fraction of sp³-hybridized carbons (Fsp3) is 0.464. The first-order valence-corrected chi connectivity index (χ1v) is 12.7. The summed E-state index contributed by atoms with van der Waals surface area (Å²) < 4.78 is 0. The van der Waals surface area contributed by atoms with Crippen molar-refractivity contribution in [2.75, 3.05) is 50.7 Å². The molecule has 0 radical (unpaired) electrons. The fourth-order valence-corrected chi connectivity index (χ4v) is 5.40. The third kappa shape index (κ3) is 5.55. The molecule has 0 spiro atoms. The Morgan fingerprint density at radius 3 is 2.53 bits per heavy atom. The van der Waals surface area contributed by atoms with Crippen LogP contribution in [0.2, 0.25) is 0 Å². The second-order valence-electron chi connectivity index (χ2n) is 9.69. The number of fused-ring (bicyclic) bond motifs is 1. The summed E-state index contributed by atoms with van der Waals surface area (Å²) >= 11 is 0. The van der Waals surface area contributed by atoms with Crippen molar-refractivity contribution in [3.8, 4) is 0 Å². The molecule has 6 heteroatoms. The van der Waals surface area contributed by atoms with Gasteiger partial charge in [-0.1, -0.05) is 30.3 Å². The Balaban J connectivity index is 1.01. The summed E-state index contributed by atoms with van der Waals surface area (Å²) in [5, 5.41) is 2.52. The van der Waals surface area contributed by atoms with Gasteiger partial charge in [-0.15, -0.1) is 0 Å². The van der Waals surface area contributed by atoms with Crippen LogP contribution in [0.25, 0.3) is 10.8 Å². The average molecular weight is 458 g/mol. The van der Waals surface area contributed by atoms with Crippen molar-refractivity contribution < 1.29 is 4.79 Å². The van der Waals surface area contributed by atoms with Gasteiger partial charge in [0.15, 0.2) is 0 Å². The lowest BCUT2D eigenvalue weighted by atomic mass is 9.92. The van der Waals surface area contributed by atoms with E-state index >= 15 is 0 Å². The second-order valence-corrected chi connectivity index (χ2v) is 9.69. The zero-order chi connectivity index (χ0) is 23.2. The molecule has 1 aromatic carbocycles. The maximum absolute atomic E-state index is 12.6. The van der Waals surface area contributed by atoms with Crippen molar-refractivity contribution in [1.82, 2.24) is 19.8 Å². The van der Waals surface area contributed by atoms with Gasteiger partial charge in [-0.25, -0.2) is 4.98 Å². The van der Waals surface area contributed by atoms with Gasteiger partial charge in [0.2, 0.25) is 5.91 Å². The van der Waals surface area contributed by atoms with E-state index in [0.717, 1.165) is 69.4 Å². The van der Waals surface area contributed by atoms with Gasteiger partial charge in [-0.3, -0.25) is 14.7 Å². The van der Waals surface area contributed by atoms with Gasteiger partial charge in [-0.2, -0.15) is 0 Å². The molecule has 0 atom stereocenters. The molecule has 2 aromatic heterocycles. The molecule has 3 aromatic rings. The van der Waals surface area contributed by atoms with Crippen molar-refractivity contribution in [2.24, 2.45) is 5.92 Å². The van der Waals surface area contributed by atoms with Gasteiger partial charge in [0.05, 0.1) is 6.42 Å². The van der Waals surface area contributed by atoms with Gasteiger partial charge >= 0.3 is 0 Å². The Labute approximate surface area is 202 Å². The monoisotopic (exact) mass is 457 g/mol. The first kappa shape index (κ1) is 22.8. The molecule has 0 N–H and O–H groups in total. The van der Waals surface area contributed by atoms with Crippen molar-refractivity contribution in [1.29, 1.82) is 0 Å². The van der Waals surface area contributed by atoms with E-state index < -0.39 is 0 Å². The molecule has 0 bridgehead atoms. The number of likely N-dealkylation sites (tertiary alicyclic amines) is 1. The maximum Gasteiger partial charge on any atom is 0.227 e. The minimum Gasteiger partial charge on any atom is -0.354 e. The van der Waals surface area contributed by atoms with Gasteiger partial charge in [0, 0.05) is 63.2 Å². The molecule has 2 saturated heterocycles. The molecule has 178 valence electrons. The number of benzene rings is 1. The number of hydrogen-bond donors (Lipinski definition) is 0. The number of amides is 1. The van der Waals surface area contributed by atoms with Crippen LogP contribution >= 0.6 is 0 Å². The highest BCUT2D eigenvalue weighted by Crippen LogP contribution is 2.26. The zero-order valence-electron chi connectivity index (χ0n) is 20.0. The first-order chi connectivity index (χ1) is 16.8. The molecule has 2 aliphatic heterocycles. The number of piperidine rings is 1. The molecule has 4 heterocycles. The normalized spacial score (nSPS) is 17.9. The lowest BCUT2D eigenvalue weighted by Gasteiger charge is -2.36. The van der Waals surface area contributed by atoms with E-state index in [4.69, 9.17) is 4.98 Å². The molecule has 0 saturated carbocycles. The van der Waals surface area contributed by atoms with E-state index in [-0.39, 0.29) is 5.91 Å². The van der Waals surface area contributed by atoms with Crippen molar-refractivity contribution >= 4 is 22.5 Å². The van der Waals surface area contributed by atoms with Crippen LogP contribution in [0.3, 0.4) is 0 Å². The SMILES string of the molecule is O=C(Cc1cccnc1)N1CCC(CCCN2CCN(c3nccc4ccccc34)CC2)CC1. The molecule has 0 aliphatic carbocycles. The van der Waals surface area contributed by atoms with E-state index in [2.05, 4.69) is 45.1 Å². The Bertz CT molecular complexity index is 1070. The standard InChI is InChI=1S/C28H35N5O/c34-27(21-24-5-3-12-29-22-24)32-15-10-23(11-16-32)6-4-14-31-17-19-33(20-18-31)28-26-8-2-1-7-25(26)9-13-30-28/h1-3,5,7-9,12-13,22-23H,4,6,10-11,14-21H2. The van der Waals surface area contributed by atoms with Gasteiger partial charge in [0.1, 0.15) is 5.82 Å².